The molecule has 2 aromatic carbocycles. The molecule has 5 nitrogen and oxygen atoms in total. The highest BCUT2D eigenvalue weighted by Gasteiger charge is 2.18. The summed E-state index contributed by atoms with van der Waals surface area (Å²) in [6.45, 7) is 0. The standard InChI is InChI=1S/C13H12F2N2O3S/c1-20-10-2-3-12(15)13(7-10)17-21(18,19)11-5-8(14)4-9(16)6-11/h2-7,17H,16H2,1H3. The van der Waals surface area contributed by atoms with Gasteiger partial charge in [-0.25, -0.2) is 17.2 Å². The first-order valence-corrected chi connectivity index (χ1v) is 7.22. The number of benzene rings is 2. The first-order chi connectivity index (χ1) is 9.81. The van der Waals surface area contributed by atoms with E-state index < -0.39 is 26.6 Å². The topological polar surface area (TPSA) is 81.4 Å². The van der Waals surface area contributed by atoms with Crippen LogP contribution < -0.4 is 15.2 Å². The second-order valence-electron chi connectivity index (χ2n) is 4.17. The highest BCUT2D eigenvalue weighted by atomic mass is 32.2. The maximum absolute atomic E-state index is 13.6. The van der Waals surface area contributed by atoms with Crippen LogP contribution in [0.15, 0.2) is 41.3 Å². The van der Waals surface area contributed by atoms with E-state index in [4.69, 9.17) is 10.5 Å². The maximum Gasteiger partial charge on any atom is 0.262 e. The van der Waals surface area contributed by atoms with E-state index in [1.807, 2.05) is 4.72 Å². The van der Waals surface area contributed by atoms with Crippen LogP contribution in [0.4, 0.5) is 20.2 Å². The van der Waals surface area contributed by atoms with Gasteiger partial charge in [0.05, 0.1) is 17.7 Å². The van der Waals surface area contributed by atoms with E-state index in [2.05, 4.69) is 0 Å². The predicted molar refractivity (Wildman–Crippen MR) is 74.6 cm³/mol. The average molecular weight is 314 g/mol. The van der Waals surface area contributed by atoms with Crippen LogP contribution in [-0.4, -0.2) is 15.5 Å². The number of sulfonamides is 1. The normalized spacial score (nSPS) is 11.2. The Bertz CT molecular complexity index is 759. The van der Waals surface area contributed by atoms with Gasteiger partial charge in [0.15, 0.2) is 0 Å². The van der Waals surface area contributed by atoms with Gasteiger partial charge >= 0.3 is 0 Å². The van der Waals surface area contributed by atoms with Crippen LogP contribution in [0.2, 0.25) is 0 Å². The molecule has 2 rings (SSSR count). The number of hydrogen-bond donors (Lipinski definition) is 2. The van der Waals surface area contributed by atoms with Gasteiger partial charge in [0.1, 0.15) is 17.4 Å². The Labute approximate surface area is 120 Å². The smallest absolute Gasteiger partial charge is 0.262 e. The molecule has 0 bridgehead atoms. The average Bonchev–Trinajstić information content (AvgIpc) is 2.40. The summed E-state index contributed by atoms with van der Waals surface area (Å²) in [5, 5.41) is 0. The van der Waals surface area contributed by atoms with Crippen LogP contribution in [0.25, 0.3) is 0 Å². The molecule has 0 amide bonds. The lowest BCUT2D eigenvalue weighted by atomic mass is 10.3. The van der Waals surface area contributed by atoms with Gasteiger partial charge in [-0.05, 0) is 30.3 Å². The summed E-state index contributed by atoms with van der Waals surface area (Å²) in [4.78, 5) is -0.401. The summed E-state index contributed by atoms with van der Waals surface area (Å²) in [5.74, 6) is -1.32. The predicted octanol–water partition coefficient (Wildman–Crippen LogP) is 2.36. The Morgan fingerprint density at radius 1 is 1.14 bits per heavy atom. The lowest BCUT2D eigenvalue weighted by Gasteiger charge is -2.11. The van der Waals surface area contributed by atoms with Crippen molar-refractivity contribution in [1.29, 1.82) is 0 Å². The van der Waals surface area contributed by atoms with Gasteiger partial charge in [-0.1, -0.05) is 0 Å². The van der Waals surface area contributed by atoms with Crippen LogP contribution >= 0.6 is 0 Å². The molecule has 0 spiro atoms. The van der Waals surface area contributed by atoms with E-state index in [1.54, 1.807) is 0 Å². The molecule has 0 heterocycles. The number of anilines is 2. The van der Waals surface area contributed by atoms with Gasteiger partial charge in [-0.15, -0.1) is 0 Å². The lowest BCUT2D eigenvalue weighted by Crippen LogP contribution is -2.14. The summed E-state index contributed by atoms with van der Waals surface area (Å²) < 4.78 is 58.0. The molecule has 0 fully saturated rings. The van der Waals surface area contributed by atoms with Crippen molar-refractivity contribution in [3.05, 3.63) is 48.0 Å². The van der Waals surface area contributed by atoms with Crippen molar-refractivity contribution in [2.75, 3.05) is 17.6 Å². The van der Waals surface area contributed by atoms with E-state index in [-0.39, 0.29) is 17.1 Å². The molecular formula is C13H12F2N2O3S. The fourth-order valence-electron chi connectivity index (χ4n) is 1.65. The number of methoxy groups -OCH3 is 1. The summed E-state index contributed by atoms with van der Waals surface area (Å²) in [6, 6.07) is 6.41. The Hall–Kier alpha value is -2.35. The van der Waals surface area contributed by atoms with E-state index in [9.17, 15) is 17.2 Å². The van der Waals surface area contributed by atoms with Gasteiger partial charge in [0.25, 0.3) is 10.0 Å². The van der Waals surface area contributed by atoms with E-state index in [0.29, 0.717) is 0 Å². The molecule has 0 radical (unpaired) electrons. The number of ether oxygens (including phenoxy) is 1. The molecule has 0 saturated carbocycles. The molecule has 2 aromatic rings. The number of nitrogen functional groups attached to an aromatic ring is 1. The SMILES string of the molecule is COc1ccc(F)c(NS(=O)(=O)c2cc(N)cc(F)c2)c1. The zero-order valence-electron chi connectivity index (χ0n) is 10.9. The zero-order chi connectivity index (χ0) is 15.6. The molecule has 0 atom stereocenters. The van der Waals surface area contributed by atoms with Crippen molar-refractivity contribution in [3.8, 4) is 5.75 Å². The first kappa shape index (κ1) is 15.0. The highest BCUT2D eigenvalue weighted by molar-refractivity contribution is 7.92. The van der Waals surface area contributed by atoms with E-state index >= 15 is 0 Å². The second-order valence-corrected chi connectivity index (χ2v) is 5.85. The Morgan fingerprint density at radius 3 is 2.48 bits per heavy atom. The third-order valence-electron chi connectivity index (χ3n) is 2.62. The molecule has 21 heavy (non-hydrogen) atoms. The molecule has 0 aromatic heterocycles. The van der Waals surface area contributed by atoms with Crippen LogP contribution in [-0.2, 0) is 10.0 Å². The largest absolute Gasteiger partial charge is 0.497 e. The van der Waals surface area contributed by atoms with Crippen molar-refractivity contribution < 1.29 is 21.9 Å². The monoisotopic (exact) mass is 314 g/mol. The number of halogens is 2. The molecule has 0 aliphatic heterocycles. The van der Waals surface area contributed by atoms with Gasteiger partial charge < -0.3 is 10.5 Å². The van der Waals surface area contributed by atoms with Crippen LogP contribution in [0, 0.1) is 11.6 Å². The van der Waals surface area contributed by atoms with Crippen molar-refractivity contribution in [2.24, 2.45) is 0 Å². The van der Waals surface area contributed by atoms with Gasteiger partial charge in [-0.2, -0.15) is 0 Å². The summed E-state index contributed by atoms with van der Waals surface area (Å²) in [7, 11) is -2.81. The number of hydrogen-bond acceptors (Lipinski definition) is 4. The zero-order valence-corrected chi connectivity index (χ0v) is 11.7. The van der Waals surface area contributed by atoms with Crippen molar-refractivity contribution in [3.63, 3.8) is 0 Å². The third kappa shape index (κ3) is 3.40. The first-order valence-electron chi connectivity index (χ1n) is 5.74. The fraction of sp³-hybridized carbons (Fsp3) is 0.0769. The number of nitrogens with two attached hydrogens (primary N) is 1. The van der Waals surface area contributed by atoms with Crippen molar-refractivity contribution >= 4 is 21.4 Å². The van der Waals surface area contributed by atoms with Crippen LogP contribution in [0.5, 0.6) is 5.75 Å². The number of rotatable bonds is 4. The summed E-state index contributed by atoms with van der Waals surface area (Å²) >= 11 is 0. The summed E-state index contributed by atoms with van der Waals surface area (Å²) in [5.41, 5.74) is 5.04. The fourth-order valence-corrected chi connectivity index (χ4v) is 2.78. The minimum absolute atomic E-state index is 0.0542. The summed E-state index contributed by atoms with van der Waals surface area (Å²) in [6.07, 6.45) is 0. The molecule has 8 heteroatoms. The highest BCUT2D eigenvalue weighted by Crippen LogP contribution is 2.25. The Morgan fingerprint density at radius 2 is 1.86 bits per heavy atom. The van der Waals surface area contributed by atoms with E-state index in [0.717, 1.165) is 24.3 Å². The molecule has 112 valence electrons. The maximum atomic E-state index is 13.6. The molecule has 0 unspecified atom stereocenters. The Kier molecular flexibility index (Phi) is 3.99. The molecular weight excluding hydrogens is 302 g/mol. The molecule has 0 aliphatic carbocycles. The quantitative estimate of drug-likeness (QED) is 0.849. The van der Waals surface area contributed by atoms with Gasteiger partial charge in [0, 0.05) is 11.8 Å². The number of nitrogens with one attached hydrogen (secondary N) is 1. The van der Waals surface area contributed by atoms with E-state index in [1.165, 1.54) is 19.2 Å². The lowest BCUT2D eigenvalue weighted by molar-refractivity contribution is 0.414. The Balaban J connectivity index is 2.41. The van der Waals surface area contributed by atoms with Crippen molar-refractivity contribution in [2.45, 2.75) is 4.90 Å². The minimum Gasteiger partial charge on any atom is -0.497 e. The minimum atomic E-state index is -4.17. The molecule has 3 N–H and O–H groups in total. The van der Waals surface area contributed by atoms with Crippen LogP contribution in [0.3, 0.4) is 0 Å². The molecule has 0 aliphatic rings. The third-order valence-corrected chi connectivity index (χ3v) is 3.97. The van der Waals surface area contributed by atoms with Crippen LogP contribution in [0.1, 0.15) is 0 Å². The van der Waals surface area contributed by atoms with Gasteiger partial charge in [-0.3, -0.25) is 4.72 Å². The molecule has 0 saturated heterocycles. The second kappa shape index (κ2) is 5.57. The van der Waals surface area contributed by atoms with Gasteiger partial charge in [0.2, 0.25) is 0 Å². The van der Waals surface area contributed by atoms with Crippen molar-refractivity contribution in [1.82, 2.24) is 0 Å².